The molecule has 2 aromatic rings. The highest BCUT2D eigenvalue weighted by molar-refractivity contribution is 6.05. The maximum Gasteiger partial charge on any atom is 0.416 e. The van der Waals surface area contributed by atoms with Crippen molar-refractivity contribution in [3.8, 4) is 5.75 Å². The number of nitrogens with zero attached hydrogens (tertiary/aromatic N) is 2. The van der Waals surface area contributed by atoms with E-state index in [1.165, 1.54) is 0 Å². The maximum absolute atomic E-state index is 12.7. The predicted molar refractivity (Wildman–Crippen MR) is 84.7 cm³/mol. The number of benzene rings is 2. The van der Waals surface area contributed by atoms with E-state index >= 15 is 0 Å². The summed E-state index contributed by atoms with van der Waals surface area (Å²) in [5, 5.41) is 24.9. The van der Waals surface area contributed by atoms with Crippen molar-refractivity contribution in [3.63, 3.8) is 0 Å². The van der Waals surface area contributed by atoms with Crippen molar-refractivity contribution in [2.24, 2.45) is 5.10 Å². The molecule has 1 aliphatic rings. The lowest BCUT2D eigenvalue weighted by Gasteiger charge is -2.09. The Bertz CT molecular complexity index is 879. The quantitative estimate of drug-likeness (QED) is 0.644. The molecular formula is C16H12F3N3O3. The van der Waals surface area contributed by atoms with Crippen molar-refractivity contribution in [1.82, 2.24) is 0 Å². The summed E-state index contributed by atoms with van der Waals surface area (Å²) in [5.74, 6) is 0.142. The van der Waals surface area contributed by atoms with Gasteiger partial charge >= 0.3 is 6.18 Å². The molecule has 0 saturated carbocycles. The van der Waals surface area contributed by atoms with Gasteiger partial charge in [0.15, 0.2) is 0 Å². The average Bonchev–Trinajstić information content (AvgIpc) is 2.96. The Morgan fingerprint density at radius 3 is 2.64 bits per heavy atom. The molecule has 2 aromatic carbocycles. The molecule has 1 aliphatic carbocycles. The van der Waals surface area contributed by atoms with Gasteiger partial charge in [-0.1, -0.05) is 12.1 Å². The van der Waals surface area contributed by atoms with E-state index in [0.29, 0.717) is 30.2 Å². The number of rotatable bonds is 3. The van der Waals surface area contributed by atoms with Crippen LogP contribution in [0.3, 0.4) is 0 Å². The number of hydrogen-bond donors (Lipinski definition) is 2. The van der Waals surface area contributed by atoms with Gasteiger partial charge in [0.2, 0.25) is 0 Å². The third-order valence-corrected chi connectivity index (χ3v) is 3.91. The third-order valence-electron chi connectivity index (χ3n) is 3.91. The first-order chi connectivity index (χ1) is 11.8. The molecule has 0 bridgehead atoms. The Balaban J connectivity index is 1.92. The van der Waals surface area contributed by atoms with Crippen LogP contribution in [0.5, 0.6) is 5.75 Å². The molecule has 25 heavy (non-hydrogen) atoms. The number of hydrogen-bond acceptors (Lipinski definition) is 5. The molecule has 0 saturated heterocycles. The Hall–Kier alpha value is -3.10. The van der Waals surface area contributed by atoms with E-state index in [9.17, 15) is 28.4 Å². The fourth-order valence-electron chi connectivity index (χ4n) is 2.68. The fourth-order valence-corrected chi connectivity index (χ4v) is 2.68. The zero-order valence-electron chi connectivity index (χ0n) is 12.7. The number of nitro groups is 1. The van der Waals surface area contributed by atoms with Crippen LogP contribution >= 0.6 is 0 Å². The molecular weight excluding hydrogens is 339 g/mol. The standard InChI is InChI=1S/C16H12F3N3O3/c17-16(18,19)9-4-6-13(14(8-9)22(24)25)21-20-12-7-5-11-10(12)2-1-3-15(11)23/h1-4,6,8,21,23H,5,7H2. The van der Waals surface area contributed by atoms with Crippen LogP contribution in [0.1, 0.15) is 23.1 Å². The van der Waals surface area contributed by atoms with Crippen LogP contribution in [0.4, 0.5) is 24.5 Å². The van der Waals surface area contributed by atoms with Crippen molar-refractivity contribution in [3.05, 3.63) is 63.2 Å². The summed E-state index contributed by atoms with van der Waals surface area (Å²) in [6.45, 7) is 0. The lowest BCUT2D eigenvalue weighted by molar-refractivity contribution is -0.384. The van der Waals surface area contributed by atoms with Gasteiger partial charge in [-0.25, -0.2) is 0 Å². The summed E-state index contributed by atoms with van der Waals surface area (Å²) in [7, 11) is 0. The van der Waals surface area contributed by atoms with Crippen LogP contribution in [0, 0.1) is 10.1 Å². The first-order valence-corrected chi connectivity index (χ1v) is 7.27. The van der Waals surface area contributed by atoms with Crippen molar-refractivity contribution < 1.29 is 23.2 Å². The summed E-state index contributed by atoms with van der Waals surface area (Å²) in [5.41, 5.74) is 2.52. The van der Waals surface area contributed by atoms with E-state index < -0.39 is 22.4 Å². The lowest BCUT2D eigenvalue weighted by atomic mass is 10.1. The summed E-state index contributed by atoms with van der Waals surface area (Å²) in [6, 6.07) is 7.15. The van der Waals surface area contributed by atoms with Crippen molar-refractivity contribution in [2.45, 2.75) is 19.0 Å². The molecule has 0 spiro atoms. The van der Waals surface area contributed by atoms with Gasteiger partial charge in [-0.2, -0.15) is 18.3 Å². The van der Waals surface area contributed by atoms with E-state index in [2.05, 4.69) is 10.5 Å². The molecule has 6 nitrogen and oxygen atoms in total. The summed E-state index contributed by atoms with van der Waals surface area (Å²) in [4.78, 5) is 10.2. The number of phenols is 1. The van der Waals surface area contributed by atoms with Crippen LogP contribution < -0.4 is 5.43 Å². The minimum Gasteiger partial charge on any atom is -0.508 e. The third kappa shape index (κ3) is 3.25. The largest absolute Gasteiger partial charge is 0.508 e. The molecule has 3 rings (SSSR count). The second-order valence-corrected chi connectivity index (χ2v) is 5.46. The molecule has 0 atom stereocenters. The van der Waals surface area contributed by atoms with Crippen LogP contribution in [0.2, 0.25) is 0 Å². The smallest absolute Gasteiger partial charge is 0.416 e. The predicted octanol–water partition coefficient (Wildman–Crippen LogP) is 4.08. The Labute approximate surface area is 139 Å². The summed E-state index contributed by atoms with van der Waals surface area (Å²) in [6.07, 6.45) is -3.59. The van der Waals surface area contributed by atoms with Gasteiger partial charge in [-0.15, -0.1) is 0 Å². The number of fused-ring (bicyclic) bond motifs is 1. The normalized spacial score (nSPS) is 15.2. The number of halogens is 3. The second-order valence-electron chi connectivity index (χ2n) is 5.46. The topological polar surface area (TPSA) is 87.8 Å². The van der Waals surface area contributed by atoms with Gasteiger partial charge in [-0.05, 0) is 31.0 Å². The highest BCUT2D eigenvalue weighted by atomic mass is 19.4. The first kappa shape index (κ1) is 16.7. The second kappa shape index (κ2) is 6.08. The van der Waals surface area contributed by atoms with Gasteiger partial charge in [0, 0.05) is 17.2 Å². The molecule has 0 fully saturated rings. The Morgan fingerprint density at radius 1 is 1.20 bits per heavy atom. The van der Waals surface area contributed by atoms with Crippen molar-refractivity contribution in [1.29, 1.82) is 0 Å². The van der Waals surface area contributed by atoms with E-state index in [1.807, 2.05) is 0 Å². The van der Waals surface area contributed by atoms with Gasteiger partial charge in [0.05, 0.1) is 16.2 Å². The van der Waals surface area contributed by atoms with Crippen LogP contribution in [0.15, 0.2) is 41.5 Å². The van der Waals surface area contributed by atoms with E-state index in [0.717, 1.165) is 17.7 Å². The van der Waals surface area contributed by atoms with Gasteiger partial charge in [0.25, 0.3) is 5.69 Å². The number of aromatic hydroxyl groups is 1. The maximum atomic E-state index is 12.7. The molecule has 2 N–H and O–H groups in total. The molecule has 9 heteroatoms. The fraction of sp³-hybridized carbons (Fsp3) is 0.188. The minimum atomic E-state index is -4.67. The molecule has 0 amide bonds. The monoisotopic (exact) mass is 351 g/mol. The zero-order valence-corrected chi connectivity index (χ0v) is 12.7. The average molecular weight is 351 g/mol. The summed E-state index contributed by atoms with van der Waals surface area (Å²) < 4.78 is 38.1. The van der Waals surface area contributed by atoms with Crippen molar-refractivity contribution >= 4 is 17.1 Å². The molecule has 0 aliphatic heterocycles. The number of anilines is 1. The SMILES string of the molecule is O=[N+]([O-])c1cc(C(F)(F)F)ccc1NN=C1CCc2c(O)cccc21. The van der Waals surface area contributed by atoms with E-state index in [4.69, 9.17) is 0 Å². The minimum absolute atomic E-state index is 0.140. The number of hydrazone groups is 1. The van der Waals surface area contributed by atoms with Crippen LogP contribution in [-0.4, -0.2) is 15.7 Å². The molecule has 0 unspecified atom stereocenters. The van der Waals surface area contributed by atoms with Gasteiger partial charge in [-0.3, -0.25) is 15.5 Å². The van der Waals surface area contributed by atoms with Crippen LogP contribution in [0.25, 0.3) is 0 Å². The van der Waals surface area contributed by atoms with Crippen LogP contribution in [-0.2, 0) is 12.6 Å². The number of nitro benzene ring substituents is 1. The number of nitrogens with one attached hydrogen (secondary N) is 1. The van der Waals surface area contributed by atoms with E-state index in [-0.39, 0.29) is 11.4 Å². The highest BCUT2D eigenvalue weighted by Crippen LogP contribution is 2.35. The Morgan fingerprint density at radius 2 is 1.96 bits per heavy atom. The summed E-state index contributed by atoms with van der Waals surface area (Å²) >= 11 is 0. The van der Waals surface area contributed by atoms with E-state index in [1.54, 1.807) is 18.2 Å². The number of alkyl halides is 3. The Kier molecular flexibility index (Phi) is 4.07. The number of phenolic OH excluding ortho intramolecular Hbond substituents is 1. The molecule has 130 valence electrons. The lowest BCUT2D eigenvalue weighted by Crippen LogP contribution is -2.07. The van der Waals surface area contributed by atoms with Gasteiger partial charge in [0.1, 0.15) is 11.4 Å². The zero-order chi connectivity index (χ0) is 18.2. The molecule has 0 radical (unpaired) electrons. The highest BCUT2D eigenvalue weighted by Gasteiger charge is 2.33. The van der Waals surface area contributed by atoms with Gasteiger partial charge < -0.3 is 5.11 Å². The first-order valence-electron chi connectivity index (χ1n) is 7.27. The molecule has 0 heterocycles. The van der Waals surface area contributed by atoms with Crippen molar-refractivity contribution in [2.75, 3.05) is 5.43 Å². The molecule has 0 aromatic heterocycles.